The molecule has 2 aliphatic rings. The molecule has 8 heteroatoms. The number of carbonyl (C=O) groups is 2. The summed E-state index contributed by atoms with van der Waals surface area (Å²) in [6.07, 6.45) is 3.95. The van der Waals surface area contributed by atoms with Gasteiger partial charge >= 0.3 is 0 Å². The highest BCUT2D eigenvalue weighted by Gasteiger charge is 2.36. The molecule has 4 heterocycles. The topological polar surface area (TPSA) is 69.9 Å². The van der Waals surface area contributed by atoms with Crippen LogP contribution in [-0.2, 0) is 4.79 Å². The van der Waals surface area contributed by atoms with E-state index >= 15 is 0 Å². The molecule has 0 saturated carbocycles. The van der Waals surface area contributed by atoms with E-state index in [1.165, 1.54) is 11.3 Å². The highest BCUT2D eigenvalue weighted by molar-refractivity contribution is 7.11. The molecule has 2 saturated heterocycles. The molecular formula is C26H24N4O3S. The van der Waals surface area contributed by atoms with Crippen molar-refractivity contribution in [3.63, 3.8) is 0 Å². The summed E-state index contributed by atoms with van der Waals surface area (Å²) in [6, 6.07) is 16.3. The lowest BCUT2D eigenvalue weighted by Crippen LogP contribution is -2.52. The number of aromatic nitrogens is 1. The Morgan fingerprint density at radius 2 is 1.91 bits per heavy atom. The molecule has 7 nitrogen and oxygen atoms in total. The van der Waals surface area contributed by atoms with Gasteiger partial charge in [0.1, 0.15) is 5.58 Å². The van der Waals surface area contributed by atoms with Crippen LogP contribution in [0.25, 0.3) is 22.1 Å². The van der Waals surface area contributed by atoms with Gasteiger partial charge < -0.3 is 14.2 Å². The summed E-state index contributed by atoms with van der Waals surface area (Å²) in [4.78, 5) is 35.8. The lowest BCUT2D eigenvalue weighted by atomic mass is 10.0. The van der Waals surface area contributed by atoms with E-state index in [0.717, 1.165) is 40.9 Å². The average molecular weight is 473 g/mol. The number of carbonyl (C=O) groups excluding carboxylic acids is 2. The fourth-order valence-electron chi connectivity index (χ4n) is 4.98. The Morgan fingerprint density at radius 3 is 2.74 bits per heavy atom. The second kappa shape index (κ2) is 8.70. The van der Waals surface area contributed by atoms with Crippen LogP contribution in [-0.4, -0.2) is 65.4 Å². The largest absolute Gasteiger partial charge is 0.464 e. The SMILES string of the molecule is O=C(c1nccs1)N1CCN(C2CC(=O)N(c3cccc(-c4coc5ccccc45)c3)C2)CC1. The number of benzene rings is 2. The number of hydrogen-bond acceptors (Lipinski definition) is 6. The van der Waals surface area contributed by atoms with E-state index in [2.05, 4.69) is 28.1 Å². The van der Waals surface area contributed by atoms with Crippen molar-refractivity contribution < 1.29 is 14.0 Å². The van der Waals surface area contributed by atoms with Gasteiger partial charge in [-0.1, -0.05) is 30.3 Å². The van der Waals surface area contributed by atoms with E-state index < -0.39 is 0 Å². The molecule has 1 unspecified atom stereocenters. The molecule has 34 heavy (non-hydrogen) atoms. The van der Waals surface area contributed by atoms with Crippen molar-refractivity contribution in [2.75, 3.05) is 37.6 Å². The van der Waals surface area contributed by atoms with Crippen LogP contribution in [0.3, 0.4) is 0 Å². The van der Waals surface area contributed by atoms with Gasteiger partial charge in [0, 0.05) is 73.4 Å². The second-order valence-electron chi connectivity index (χ2n) is 8.72. The first-order valence-corrected chi connectivity index (χ1v) is 12.4. The van der Waals surface area contributed by atoms with Crippen molar-refractivity contribution in [1.82, 2.24) is 14.8 Å². The Labute approximate surface area is 201 Å². The van der Waals surface area contributed by atoms with Gasteiger partial charge in [-0.2, -0.15) is 0 Å². The van der Waals surface area contributed by atoms with Crippen LogP contribution in [0.1, 0.15) is 16.2 Å². The van der Waals surface area contributed by atoms with Crippen molar-refractivity contribution >= 4 is 39.8 Å². The minimum Gasteiger partial charge on any atom is -0.464 e. The number of anilines is 1. The average Bonchev–Trinajstić information content (AvgIpc) is 3.64. The lowest BCUT2D eigenvalue weighted by molar-refractivity contribution is -0.117. The molecule has 0 bridgehead atoms. The molecule has 2 fully saturated rings. The van der Waals surface area contributed by atoms with Crippen LogP contribution in [0.15, 0.2) is 70.8 Å². The lowest BCUT2D eigenvalue weighted by Gasteiger charge is -2.37. The molecule has 1 atom stereocenters. The molecule has 0 aliphatic carbocycles. The fourth-order valence-corrected chi connectivity index (χ4v) is 5.58. The quantitative estimate of drug-likeness (QED) is 0.447. The van der Waals surface area contributed by atoms with Gasteiger partial charge in [-0.25, -0.2) is 4.98 Å². The zero-order chi connectivity index (χ0) is 23.1. The molecule has 2 amide bonds. The number of para-hydroxylation sites is 1. The zero-order valence-corrected chi connectivity index (χ0v) is 19.4. The third-order valence-corrected chi connectivity index (χ3v) is 7.55. The molecule has 0 N–H and O–H groups in total. The van der Waals surface area contributed by atoms with Crippen LogP contribution < -0.4 is 4.90 Å². The summed E-state index contributed by atoms with van der Waals surface area (Å²) < 4.78 is 5.72. The summed E-state index contributed by atoms with van der Waals surface area (Å²) in [6.45, 7) is 3.51. The maximum atomic E-state index is 13.0. The van der Waals surface area contributed by atoms with Gasteiger partial charge in [0.15, 0.2) is 5.01 Å². The minimum absolute atomic E-state index is 0.00219. The van der Waals surface area contributed by atoms with Gasteiger partial charge in [-0.05, 0) is 23.8 Å². The second-order valence-corrected chi connectivity index (χ2v) is 9.62. The van der Waals surface area contributed by atoms with E-state index in [4.69, 9.17) is 4.42 Å². The van der Waals surface area contributed by atoms with Gasteiger partial charge in [-0.15, -0.1) is 11.3 Å². The standard InChI is InChI=1S/C26H24N4O3S/c31-24-15-20(28-9-11-29(12-10-28)26(32)25-27-8-13-34-25)16-30(24)19-5-3-4-18(14-19)22-17-33-23-7-2-1-6-21(22)23/h1-8,13-14,17,20H,9-12,15-16H2. The first-order chi connectivity index (χ1) is 16.7. The Morgan fingerprint density at radius 1 is 1.06 bits per heavy atom. The summed E-state index contributed by atoms with van der Waals surface area (Å²) in [5, 5.41) is 3.43. The smallest absolute Gasteiger partial charge is 0.282 e. The summed E-state index contributed by atoms with van der Waals surface area (Å²) >= 11 is 1.38. The Kier molecular flexibility index (Phi) is 5.39. The molecule has 4 aromatic rings. The molecule has 2 aliphatic heterocycles. The predicted molar refractivity (Wildman–Crippen MR) is 132 cm³/mol. The van der Waals surface area contributed by atoms with Crippen LogP contribution in [0.2, 0.25) is 0 Å². The highest BCUT2D eigenvalue weighted by atomic mass is 32.1. The maximum absolute atomic E-state index is 13.0. The third-order valence-electron chi connectivity index (χ3n) is 6.79. The van der Waals surface area contributed by atoms with Crippen LogP contribution in [0.4, 0.5) is 5.69 Å². The third kappa shape index (κ3) is 3.78. The zero-order valence-electron chi connectivity index (χ0n) is 18.6. The molecule has 172 valence electrons. The highest BCUT2D eigenvalue weighted by Crippen LogP contribution is 2.34. The summed E-state index contributed by atoms with van der Waals surface area (Å²) in [5.74, 6) is 0.142. The molecule has 0 spiro atoms. The number of thiazole rings is 1. The predicted octanol–water partition coefficient (Wildman–Crippen LogP) is 4.12. The van der Waals surface area contributed by atoms with Gasteiger partial charge in [-0.3, -0.25) is 14.5 Å². The van der Waals surface area contributed by atoms with Gasteiger partial charge in [0.05, 0.1) is 6.26 Å². The maximum Gasteiger partial charge on any atom is 0.282 e. The Hall–Kier alpha value is -3.49. The molecular weight excluding hydrogens is 448 g/mol. The number of rotatable bonds is 4. The molecule has 0 radical (unpaired) electrons. The van der Waals surface area contributed by atoms with E-state index in [0.29, 0.717) is 31.1 Å². The Bertz CT molecular complexity index is 1340. The van der Waals surface area contributed by atoms with E-state index in [9.17, 15) is 9.59 Å². The molecule has 6 rings (SSSR count). The van der Waals surface area contributed by atoms with Crippen LogP contribution in [0, 0.1) is 0 Å². The van der Waals surface area contributed by atoms with E-state index in [-0.39, 0.29) is 17.9 Å². The van der Waals surface area contributed by atoms with Crippen molar-refractivity contribution in [3.05, 3.63) is 71.4 Å². The monoisotopic (exact) mass is 472 g/mol. The normalized spacial score (nSPS) is 19.3. The summed E-state index contributed by atoms with van der Waals surface area (Å²) in [7, 11) is 0. The molecule has 2 aromatic heterocycles. The fraction of sp³-hybridized carbons (Fsp3) is 0.269. The number of fused-ring (bicyclic) bond motifs is 1. The Balaban J connectivity index is 1.15. The van der Waals surface area contributed by atoms with Crippen LogP contribution >= 0.6 is 11.3 Å². The van der Waals surface area contributed by atoms with Crippen molar-refractivity contribution in [1.29, 1.82) is 0 Å². The van der Waals surface area contributed by atoms with Crippen molar-refractivity contribution in [3.8, 4) is 11.1 Å². The van der Waals surface area contributed by atoms with Crippen LogP contribution in [0.5, 0.6) is 0 Å². The first kappa shape index (κ1) is 21.1. The number of amides is 2. The van der Waals surface area contributed by atoms with Crippen molar-refractivity contribution in [2.45, 2.75) is 12.5 Å². The number of furan rings is 1. The van der Waals surface area contributed by atoms with Gasteiger partial charge in [0.2, 0.25) is 5.91 Å². The minimum atomic E-state index is 0.00219. The number of piperazine rings is 1. The van der Waals surface area contributed by atoms with E-state index in [1.807, 2.05) is 45.5 Å². The summed E-state index contributed by atoms with van der Waals surface area (Å²) in [5.41, 5.74) is 3.83. The number of hydrogen-bond donors (Lipinski definition) is 0. The number of nitrogens with zero attached hydrogens (tertiary/aromatic N) is 4. The van der Waals surface area contributed by atoms with E-state index in [1.54, 1.807) is 12.5 Å². The van der Waals surface area contributed by atoms with Gasteiger partial charge in [0.25, 0.3) is 5.91 Å². The molecule has 2 aromatic carbocycles. The van der Waals surface area contributed by atoms with Crippen molar-refractivity contribution in [2.24, 2.45) is 0 Å². The first-order valence-electron chi connectivity index (χ1n) is 11.5.